The van der Waals surface area contributed by atoms with Crippen LogP contribution in [0.3, 0.4) is 0 Å². The predicted octanol–water partition coefficient (Wildman–Crippen LogP) is 4.58. The van der Waals surface area contributed by atoms with E-state index >= 15 is 17.6 Å². The van der Waals surface area contributed by atoms with E-state index in [-0.39, 0.29) is 49.7 Å². The van der Waals surface area contributed by atoms with Crippen molar-refractivity contribution in [2.45, 2.75) is 87.9 Å². The Morgan fingerprint density at radius 3 is 1.95 bits per heavy atom. The molecule has 0 bridgehead atoms. The Balaban J connectivity index is 1.52. The average Bonchev–Trinajstić information content (AvgIpc) is 3.64. The molecule has 0 aromatic heterocycles. The van der Waals surface area contributed by atoms with E-state index in [9.17, 15) is 61.2 Å². The van der Waals surface area contributed by atoms with E-state index in [1.807, 2.05) is 0 Å². The second kappa shape index (κ2) is 18.1. The predicted molar refractivity (Wildman–Crippen MR) is 202 cm³/mol. The summed E-state index contributed by atoms with van der Waals surface area (Å²) in [6.07, 6.45) is -7.25. The molecule has 2 fully saturated rings. The number of benzene rings is 1. The number of aliphatic carboxylic acids is 1. The van der Waals surface area contributed by atoms with Crippen LogP contribution in [0, 0.1) is 29.1 Å². The van der Waals surface area contributed by atoms with Crippen LogP contribution in [0.15, 0.2) is 41.5 Å². The number of Topliss-reactive ketones (excluding diaryl/α,β-unsaturated/α-hetero) is 1. The van der Waals surface area contributed by atoms with E-state index in [0.717, 1.165) is 6.92 Å². The molecule has 0 saturated heterocycles. The molecule has 15 nitrogen and oxygen atoms in total. The van der Waals surface area contributed by atoms with E-state index in [1.54, 1.807) is 0 Å². The molecule has 24 heteroatoms. The molecule has 4 aliphatic carbocycles. The van der Waals surface area contributed by atoms with Crippen LogP contribution in [0.5, 0.6) is 0 Å². The van der Waals surface area contributed by atoms with Crippen LogP contribution in [0.25, 0.3) is 0 Å². The minimum Gasteiger partial charge on any atom is -0.480 e. The summed E-state index contributed by atoms with van der Waals surface area (Å²) in [4.78, 5) is 63.8. The van der Waals surface area contributed by atoms with Gasteiger partial charge >= 0.3 is 47.8 Å². The highest BCUT2D eigenvalue weighted by molar-refractivity contribution is 6.05. The van der Waals surface area contributed by atoms with Gasteiger partial charge in [0.25, 0.3) is 0 Å². The van der Waals surface area contributed by atoms with Crippen molar-refractivity contribution < 1.29 is 112 Å². The third kappa shape index (κ3) is 8.49. The highest BCUT2D eigenvalue weighted by Gasteiger charge is 2.88. The first-order valence-electron chi connectivity index (χ1n) is 20.2. The fraction of sp³-hybridized carbons (Fsp3) is 0.643. The minimum atomic E-state index is -7.46. The number of ketones is 1. The van der Waals surface area contributed by atoms with E-state index in [2.05, 4.69) is 0 Å². The first kappa shape index (κ1) is 52.4. The number of rotatable bonds is 19. The molecule has 2 saturated carbocycles. The number of carboxylic acids is 1. The van der Waals surface area contributed by atoms with E-state index in [1.165, 1.54) is 39.8 Å². The molecule has 0 spiro atoms. The van der Waals surface area contributed by atoms with Crippen molar-refractivity contribution in [1.82, 2.24) is 0 Å². The zero-order chi connectivity index (χ0) is 49.8. The number of carbonyl (C=O) groups is 5. The van der Waals surface area contributed by atoms with Gasteiger partial charge in [-0.2, -0.15) is 39.5 Å². The zero-order valence-corrected chi connectivity index (χ0v) is 35.8. The maximum absolute atomic E-state index is 16.0. The Morgan fingerprint density at radius 2 is 1.41 bits per heavy atom. The second-order valence-corrected chi connectivity index (χ2v) is 17.1. The molecule has 0 radical (unpaired) electrons. The Bertz CT molecular complexity index is 2160. The standard InChI is InChI=1S/C42H47F9O15/c1-20-14-28-36(59,31(20)56)17-23(18-52)15-27-30-35(4,5)38(30,66-22(3)53)32(21(2)37(27,28)60)65-34(58)25-7-6-24(16-26(25)39(43,44)40(45,46)41(47,48)42(49,50)51)33(57)64-13-12-62-9-8-61-10-11-63-19-29(54)55/h6-7,14-16,21,27-28,30,32,52,59-60H,8-13,17-19H2,1-5H3,(H,54,55)/t21-,27+,28-,30-,32-,36-,37-,38-/m1/s1. The lowest BCUT2D eigenvalue weighted by molar-refractivity contribution is -0.399. The van der Waals surface area contributed by atoms with E-state index in [4.69, 9.17) is 33.5 Å². The van der Waals surface area contributed by atoms with Crippen LogP contribution >= 0.6 is 0 Å². The quantitative estimate of drug-likeness (QED) is 0.0490. The van der Waals surface area contributed by atoms with Gasteiger partial charge in [0.05, 0.1) is 56.4 Å². The molecule has 0 unspecified atom stereocenters. The molecule has 1 aromatic rings. The topological polar surface area (TPSA) is 222 Å². The number of alkyl halides is 9. The van der Waals surface area contributed by atoms with Crippen LogP contribution < -0.4 is 0 Å². The van der Waals surface area contributed by atoms with Gasteiger partial charge in [-0.1, -0.05) is 32.9 Å². The smallest absolute Gasteiger partial charge is 0.460 e. The van der Waals surface area contributed by atoms with Gasteiger partial charge < -0.3 is 48.8 Å². The van der Waals surface area contributed by atoms with Crippen molar-refractivity contribution >= 4 is 29.7 Å². The summed E-state index contributed by atoms with van der Waals surface area (Å²) in [6.45, 7) is 3.66. The van der Waals surface area contributed by atoms with Gasteiger partial charge in [0.1, 0.15) is 24.9 Å². The van der Waals surface area contributed by atoms with Crippen molar-refractivity contribution in [2.75, 3.05) is 52.9 Å². The summed E-state index contributed by atoms with van der Waals surface area (Å²) in [6, 6.07) is 0.424. The molecule has 5 rings (SSSR count). The summed E-state index contributed by atoms with van der Waals surface area (Å²) in [7, 11) is 0. The van der Waals surface area contributed by atoms with Crippen LogP contribution in [0.2, 0.25) is 0 Å². The van der Waals surface area contributed by atoms with Gasteiger partial charge in [0.2, 0.25) is 0 Å². The number of carboxylic acid groups (broad SMARTS) is 1. The van der Waals surface area contributed by atoms with Crippen LogP contribution in [-0.2, 0) is 48.7 Å². The van der Waals surface area contributed by atoms with Crippen LogP contribution in [0.1, 0.15) is 67.3 Å². The minimum absolute atomic E-state index is 0.0279. The number of hydrogen-bond donors (Lipinski definition) is 4. The highest BCUT2D eigenvalue weighted by atomic mass is 19.4. The Hall–Kier alpha value is -4.62. The Kier molecular flexibility index (Phi) is 14.4. The lowest BCUT2D eigenvalue weighted by Gasteiger charge is -2.53. The summed E-state index contributed by atoms with van der Waals surface area (Å²) >= 11 is 0. The second-order valence-electron chi connectivity index (χ2n) is 17.1. The molecule has 368 valence electrons. The molecule has 0 heterocycles. The number of fused-ring (bicyclic) bond motifs is 5. The first-order valence-corrected chi connectivity index (χ1v) is 20.2. The van der Waals surface area contributed by atoms with Gasteiger partial charge in [-0.15, -0.1) is 0 Å². The molecule has 8 atom stereocenters. The molecular weight excluding hydrogens is 915 g/mol. The maximum Gasteiger partial charge on any atom is 0.460 e. The summed E-state index contributed by atoms with van der Waals surface area (Å²) in [5.41, 5.74) is -13.8. The van der Waals surface area contributed by atoms with E-state index in [0.29, 0.717) is 6.07 Å². The van der Waals surface area contributed by atoms with Crippen molar-refractivity contribution in [1.29, 1.82) is 0 Å². The van der Waals surface area contributed by atoms with Crippen molar-refractivity contribution in [3.63, 3.8) is 0 Å². The molecule has 4 aliphatic rings. The number of carbonyl (C=O) groups excluding carboxylic acids is 4. The molecule has 0 amide bonds. The lowest BCUT2D eigenvalue weighted by atomic mass is 9.59. The Morgan fingerprint density at radius 1 is 0.833 bits per heavy atom. The van der Waals surface area contributed by atoms with Gasteiger partial charge in [0, 0.05) is 48.0 Å². The lowest BCUT2D eigenvalue weighted by Crippen LogP contribution is -2.66. The monoisotopic (exact) mass is 962 g/mol. The van der Waals surface area contributed by atoms with Gasteiger partial charge in [-0.05, 0) is 36.3 Å². The van der Waals surface area contributed by atoms with Crippen molar-refractivity contribution in [3.8, 4) is 0 Å². The number of esters is 3. The number of ether oxygens (including phenoxy) is 6. The van der Waals surface area contributed by atoms with E-state index < -0.39 is 155 Å². The molecule has 66 heavy (non-hydrogen) atoms. The molecule has 4 N–H and O–H groups in total. The molecule has 0 aliphatic heterocycles. The van der Waals surface area contributed by atoms with Crippen LogP contribution in [0.4, 0.5) is 39.5 Å². The summed E-state index contributed by atoms with van der Waals surface area (Å²) in [5, 5.41) is 43.6. The third-order valence-corrected chi connectivity index (χ3v) is 12.9. The van der Waals surface area contributed by atoms with Gasteiger partial charge in [-0.25, -0.2) is 14.4 Å². The first-order chi connectivity index (χ1) is 30.3. The van der Waals surface area contributed by atoms with Gasteiger partial charge in [-0.3, -0.25) is 9.59 Å². The highest BCUT2D eigenvalue weighted by Crippen LogP contribution is 2.77. The number of aliphatic hydroxyl groups is 3. The van der Waals surface area contributed by atoms with Crippen molar-refractivity contribution in [3.05, 3.63) is 58.2 Å². The number of halogens is 9. The van der Waals surface area contributed by atoms with Gasteiger partial charge in [0.15, 0.2) is 11.4 Å². The molecular formula is C42H47F9O15. The summed E-state index contributed by atoms with van der Waals surface area (Å²) in [5.74, 6) is -33.9. The van der Waals surface area contributed by atoms with Crippen molar-refractivity contribution in [2.24, 2.45) is 29.1 Å². The molecule has 1 aromatic carbocycles. The average molecular weight is 963 g/mol. The summed E-state index contributed by atoms with van der Waals surface area (Å²) < 4.78 is 162. The normalized spacial score (nSPS) is 29.3. The fourth-order valence-corrected chi connectivity index (χ4v) is 9.77. The van der Waals surface area contributed by atoms with Crippen LogP contribution in [-0.4, -0.2) is 144 Å². The SMILES string of the molecule is CC(=O)O[C@@]12[C@H](OC(=O)c3ccc(C(=O)OCCOCCOCCOCC(=O)O)cc3C(F)(F)C(F)(F)C(F)(F)C(F)(F)F)[C@@H](C)[C@@]3(O)[C@@H](C=C(CO)C[C@]4(O)C(=O)C(C)=C[C@@H]34)[C@@H]1C2(C)C. The maximum atomic E-state index is 16.0. The number of hydrogen-bond acceptors (Lipinski definition) is 14. The Labute approximate surface area is 369 Å². The fourth-order valence-electron chi connectivity index (χ4n) is 9.77. The largest absolute Gasteiger partial charge is 0.480 e. The number of aliphatic hydroxyl groups excluding tert-OH is 1. The third-order valence-electron chi connectivity index (χ3n) is 12.9. The zero-order valence-electron chi connectivity index (χ0n) is 35.8.